The van der Waals surface area contributed by atoms with Crippen LogP contribution in [0, 0.1) is 5.82 Å². The van der Waals surface area contributed by atoms with Crippen molar-refractivity contribution in [3.8, 4) is 0 Å². The highest BCUT2D eigenvalue weighted by Crippen LogP contribution is 2.19. The number of halogens is 1. The van der Waals surface area contributed by atoms with Crippen molar-refractivity contribution >= 4 is 27.5 Å². The summed E-state index contributed by atoms with van der Waals surface area (Å²) in [4.78, 5) is 27.2. The number of nitrogens with zero attached hydrogens (tertiary/aromatic N) is 2. The minimum Gasteiger partial charge on any atom is -0.354 e. The number of hydrogen-bond acceptors (Lipinski definition) is 4. The number of carbonyl (C=O) groups excluding carboxylic acids is 2. The monoisotopic (exact) mass is 463 g/mol. The van der Waals surface area contributed by atoms with Gasteiger partial charge in [0.05, 0.1) is 11.9 Å². The number of amides is 2. The first-order chi connectivity index (χ1) is 15.1. The van der Waals surface area contributed by atoms with Gasteiger partial charge in [0.15, 0.2) is 0 Å². The molecule has 2 aromatic rings. The summed E-state index contributed by atoms with van der Waals surface area (Å²) in [5, 5.41) is 2.77. The van der Waals surface area contributed by atoms with Crippen LogP contribution in [0.5, 0.6) is 0 Å². The predicted octanol–water partition coefficient (Wildman–Crippen LogP) is 2.58. The Morgan fingerprint density at radius 1 is 1.09 bits per heavy atom. The molecular formula is C23H30FN3O4S. The third-order valence-electron chi connectivity index (χ3n) is 4.98. The van der Waals surface area contributed by atoms with Gasteiger partial charge in [-0.15, -0.1) is 0 Å². The Bertz CT molecular complexity index is 1010. The van der Waals surface area contributed by atoms with Crippen LogP contribution in [0.3, 0.4) is 0 Å². The Kier molecular flexibility index (Phi) is 9.19. The average Bonchev–Trinajstić information content (AvgIpc) is 2.75. The highest BCUT2D eigenvalue weighted by atomic mass is 32.2. The van der Waals surface area contributed by atoms with Gasteiger partial charge in [0, 0.05) is 13.1 Å². The molecule has 0 radical (unpaired) electrons. The smallest absolute Gasteiger partial charge is 0.244 e. The maximum atomic E-state index is 13.7. The van der Waals surface area contributed by atoms with E-state index < -0.39 is 34.3 Å². The van der Waals surface area contributed by atoms with Gasteiger partial charge in [-0.25, -0.2) is 12.8 Å². The van der Waals surface area contributed by atoms with Crippen molar-refractivity contribution in [2.24, 2.45) is 0 Å². The second kappa shape index (κ2) is 11.6. The van der Waals surface area contributed by atoms with Gasteiger partial charge < -0.3 is 10.2 Å². The summed E-state index contributed by atoms with van der Waals surface area (Å²) >= 11 is 0. The molecule has 0 bridgehead atoms. The molecule has 9 heteroatoms. The van der Waals surface area contributed by atoms with Crippen LogP contribution < -0.4 is 9.62 Å². The van der Waals surface area contributed by atoms with Crippen molar-refractivity contribution in [1.82, 2.24) is 10.2 Å². The molecule has 0 aliphatic carbocycles. The van der Waals surface area contributed by atoms with E-state index in [0.717, 1.165) is 28.6 Å². The summed E-state index contributed by atoms with van der Waals surface area (Å²) in [6, 6.07) is 13.7. The number of rotatable bonds is 11. The Balaban J connectivity index is 2.28. The van der Waals surface area contributed by atoms with Gasteiger partial charge in [0.2, 0.25) is 21.8 Å². The Labute approximate surface area is 189 Å². The van der Waals surface area contributed by atoms with Gasteiger partial charge in [-0.1, -0.05) is 43.3 Å². The topological polar surface area (TPSA) is 86.8 Å². The van der Waals surface area contributed by atoms with Crippen LogP contribution in [0.25, 0.3) is 0 Å². The molecular weight excluding hydrogens is 433 g/mol. The van der Waals surface area contributed by atoms with Gasteiger partial charge in [-0.2, -0.15) is 0 Å². The average molecular weight is 464 g/mol. The first-order valence-corrected chi connectivity index (χ1v) is 12.3. The lowest BCUT2D eigenvalue weighted by Crippen LogP contribution is -2.52. The number of anilines is 1. The van der Waals surface area contributed by atoms with Crippen LogP contribution in [-0.4, -0.2) is 57.1 Å². The Morgan fingerprint density at radius 2 is 1.78 bits per heavy atom. The van der Waals surface area contributed by atoms with Crippen molar-refractivity contribution in [1.29, 1.82) is 0 Å². The summed E-state index contributed by atoms with van der Waals surface area (Å²) in [6.07, 6.45) is 2.20. The molecule has 1 N–H and O–H groups in total. The van der Waals surface area contributed by atoms with E-state index in [1.165, 1.54) is 23.1 Å². The highest BCUT2D eigenvalue weighted by Gasteiger charge is 2.29. The summed E-state index contributed by atoms with van der Waals surface area (Å²) in [7, 11) is -3.87. The van der Waals surface area contributed by atoms with Crippen LogP contribution in [-0.2, 0) is 26.0 Å². The number of sulfonamides is 1. The molecule has 1 atom stereocenters. The minimum atomic E-state index is -3.87. The Hall–Kier alpha value is -2.94. The van der Waals surface area contributed by atoms with E-state index in [-0.39, 0.29) is 18.1 Å². The molecule has 7 nitrogen and oxygen atoms in total. The first-order valence-electron chi connectivity index (χ1n) is 10.5. The van der Waals surface area contributed by atoms with Crippen molar-refractivity contribution in [3.63, 3.8) is 0 Å². The summed E-state index contributed by atoms with van der Waals surface area (Å²) in [5.74, 6) is -1.48. The Morgan fingerprint density at radius 3 is 2.38 bits per heavy atom. The molecule has 0 heterocycles. The first kappa shape index (κ1) is 25.3. The lowest BCUT2D eigenvalue weighted by Gasteiger charge is -2.31. The van der Waals surface area contributed by atoms with Crippen LogP contribution >= 0.6 is 0 Å². The molecule has 174 valence electrons. The van der Waals surface area contributed by atoms with Gasteiger partial charge in [0.1, 0.15) is 18.4 Å². The van der Waals surface area contributed by atoms with E-state index in [2.05, 4.69) is 5.32 Å². The van der Waals surface area contributed by atoms with Gasteiger partial charge in [0.25, 0.3) is 0 Å². The number of carbonyl (C=O) groups is 2. The molecule has 0 fully saturated rings. The second-order valence-electron chi connectivity index (χ2n) is 7.54. The number of nitrogens with one attached hydrogen (secondary N) is 1. The molecule has 0 aliphatic heterocycles. The lowest BCUT2D eigenvalue weighted by molar-refractivity contribution is -0.138. The zero-order valence-electron chi connectivity index (χ0n) is 18.6. The maximum Gasteiger partial charge on any atom is 0.244 e. The van der Waals surface area contributed by atoms with Crippen LogP contribution in [0.4, 0.5) is 10.1 Å². The second-order valence-corrected chi connectivity index (χ2v) is 9.45. The normalized spacial score (nSPS) is 12.1. The van der Waals surface area contributed by atoms with E-state index in [4.69, 9.17) is 0 Å². The quantitative estimate of drug-likeness (QED) is 0.555. The number of benzene rings is 2. The molecule has 0 aliphatic rings. The van der Waals surface area contributed by atoms with Crippen molar-refractivity contribution in [2.75, 3.05) is 30.2 Å². The van der Waals surface area contributed by atoms with Crippen LogP contribution in [0.1, 0.15) is 25.8 Å². The molecule has 1 unspecified atom stereocenters. The zero-order chi connectivity index (χ0) is 23.7. The maximum absolute atomic E-state index is 13.7. The van der Waals surface area contributed by atoms with Gasteiger partial charge >= 0.3 is 0 Å². The van der Waals surface area contributed by atoms with E-state index in [0.29, 0.717) is 13.0 Å². The van der Waals surface area contributed by atoms with E-state index in [1.807, 2.05) is 37.3 Å². The molecule has 0 aromatic heterocycles. The van der Waals surface area contributed by atoms with E-state index in [1.54, 1.807) is 6.92 Å². The third-order valence-corrected chi connectivity index (χ3v) is 6.12. The van der Waals surface area contributed by atoms with Crippen molar-refractivity contribution in [2.45, 2.75) is 32.7 Å². The number of hydrogen-bond donors (Lipinski definition) is 1. The predicted molar refractivity (Wildman–Crippen MR) is 123 cm³/mol. The SMILES string of the molecule is CCCNC(=O)C(C)N(CCc1ccccc1)C(=O)CN(c1cccc(F)c1)S(C)(=O)=O. The van der Waals surface area contributed by atoms with E-state index in [9.17, 15) is 22.4 Å². The largest absolute Gasteiger partial charge is 0.354 e. The third kappa shape index (κ3) is 7.33. The molecule has 2 amide bonds. The van der Waals surface area contributed by atoms with Gasteiger partial charge in [-0.05, 0) is 43.5 Å². The fourth-order valence-electron chi connectivity index (χ4n) is 3.21. The van der Waals surface area contributed by atoms with E-state index >= 15 is 0 Å². The van der Waals surface area contributed by atoms with Crippen LogP contribution in [0.15, 0.2) is 54.6 Å². The van der Waals surface area contributed by atoms with Crippen molar-refractivity contribution in [3.05, 3.63) is 66.0 Å². The molecule has 0 saturated carbocycles. The fraction of sp³-hybridized carbons (Fsp3) is 0.391. The summed E-state index contributed by atoms with van der Waals surface area (Å²) in [5.41, 5.74) is 1.03. The summed E-state index contributed by atoms with van der Waals surface area (Å²) < 4.78 is 39.3. The fourth-order valence-corrected chi connectivity index (χ4v) is 4.05. The zero-order valence-corrected chi connectivity index (χ0v) is 19.4. The molecule has 2 aromatic carbocycles. The lowest BCUT2D eigenvalue weighted by atomic mass is 10.1. The minimum absolute atomic E-state index is 0.0481. The molecule has 32 heavy (non-hydrogen) atoms. The summed E-state index contributed by atoms with van der Waals surface area (Å²) in [6.45, 7) is 3.70. The van der Waals surface area contributed by atoms with Crippen molar-refractivity contribution < 1.29 is 22.4 Å². The van der Waals surface area contributed by atoms with Gasteiger partial charge in [-0.3, -0.25) is 13.9 Å². The molecule has 0 spiro atoms. The standard InChI is InChI=1S/C23H30FN3O4S/c1-4-14-25-23(29)18(2)26(15-13-19-9-6-5-7-10-19)22(28)17-27(32(3,30)31)21-12-8-11-20(24)16-21/h5-12,16,18H,4,13-15,17H2,1-3H3,(H,25,29). The molecule has 2 rings (SSSR count). The highest BCUT2D eigenvalue weighted by molar-refractivity contribution is 7.92. The van der Waals surface area contributed by atoms with Crippen LogP contribution in [0.2, 0.25) is 0 Å². The molecule has 0 saturated heterocycles.